The molecular weight excluding hydrogens is 257 g/mol. The van der Waals surface area contributed by atoms with E-state index in [1.165, 1.54) is 13.2 Å². The first kappa shape index (κ1) is 14.5. The number of carboxylic acids is 1. The van der Waals surface area contributed by atoms with Crippen LogP contribution in [0.2, 0.25) is 0 Å². The molecule has 0 saturated carbocycles. The van der Waals surface area contributed by atoms with Crippen molar-refractivity contribution < 1.29 is 28.6 Å². The Balaban J connectivity index is 3.11. The van der Waals surface area contributed by atoms with Crippen molar-refractivity contribution in [1.29, 1.82) is 0 Å². The number of hydrogen-bond donors (Lipinski definition) is 2. The number of halogens is 1. The number of rotatable bonds is 5. The lowest BCUT2D eigenvalue weighted by Crippen LogP contribution is -2.17. The van der Waals surface area contributed by atoms with E-state index in [9.17, 15) is 14.0 Å². The number of carbonyl (C=O) groups excluding carboxylic acids is 1. The summed E-state index contributed by atoms with van der Waals surface area (Å²) in [6, 6.07) is 2.27. The molecule has 0 bridgehead atoms. The first-order valence-corrected chi connectivity index (χ1v) is 5.15. The standard InChI is InChI=1S/C12H12FNO5/c1-3-6-19-12(17)14-10-7(11(15)16)4-5-8(18-2)9(10)13/h3-5H,1,6H2,2H3,(H,14,17)(H,15,16). The summed E-state index contributed by atoms with van der Waals surface area (Å²) in [5.41, 5.74) is -0.922. The highest BCUT2D eigenvalue weighted by Crippen LogP contribution is 2.28. The van der Waals surface area contributed by atoms with E-state index in [0.29, 0.717) is 0 Å². The molecule has 6 nitrogen and oxygen atoms in total. The number of hydrogen-bond acceptors (Lipinski definition) is 4. The molecule has 0 aliphatic rings. The molecule has 2 N–H and O–H groups in total. The van der Waals surface area contributed by atoms with E-state index < -0.39 is 29.1 Å². The molecule has 1 aromatic rings. The maximum atomic E-state index is 13.9. The van der Waals surface area contributed by atoms with Gasteiger partial charge in [-0.25, -0.2) is 14.0 Å². The molecule has 0 aliphatic heterocycles. The summed E-state index contributed by atoms with van der Waals surface area (Å²) in [5, 5.41) is 11.0. The van der Waals surface area contributed by atoms with Gasteiger partial charge in [-0.15, -0.1) is 0 Å². The minimum absolute atomic E-state index is 0.0835. The Kier molecular flexibility index (Phi) is 4.87. The zero-order valence-electron chi connectivity index (χ0n) is 10.1. The third-order valence-corrected chi connectivity index (χ3v) is 2.12. The third-order valence-electron chi connectivity index (χ3n) is 2.12. The third kappa shape index (κ3) is 3.44. The van der Waals surface area contributed by atoms with Gasteiger partial charge in [-0.1, -0.05) is 12.7 Å². The van der Waals surface area contributed by atoms with Crippen LogP contribution in [0.15, 0.2) is 24.8 Å². The summed E-state index contributed by atoms with van der Waals surface area (Å²) in [6.45, 7) is 3.25. The molecular formula is C12H12FNO5. The molecule has 0 unspecified atom stereocenters. The Labute approximate surface area is 108 Å². The number of ether oxygens (including phenoxy) is 2. The molecule has 0 aliphatic carbocycles. The van der Waals surface area contributed by atoms with Gasteiger partial charge >= 0.3 is 12.1 Å². The number of methoxy groups -OCH3 is 1. The maximum Gasteiger partial charge on any atom is 0.412 e. The average Bonchev–Trinajstić information content (AvgIpc) is 2.38. The molecule has 0 aromatic heterocycles. The molecule has 7 heteroatoms. The van der Waals surface area contributed by atoms with Gasteiger partial charge in [0.15, 0.2) is 11.6 Å². The van der Waals surface area contributed by atoms with Gasteiger partial charge in [-0.2, -0.15) is 0 Å². The van der Waals surface area contributed by atoms with Crippen LogP contribution in [-0.2, 0) is 4.74 Å². The summed E-state index contributed by atoms with van der Waals surface area (Å²) >= 11 is 0. The van der Waals surface area contributed by atoms with Crippen LogP contribution < -0.4 is 10.1 Å². The van der Waals surface area contributed by atoms with Gasteiger partial charge in [0.2, 0.25) is 0 Å². The smallest absolute Gasteiger partial charge is 0.412 e. The van der Waals surface area contributed by atoms with Crippen molar-refractivity contribution in [3.8, 4) is 5.75 Å². The van der Waals surface area contributed by atoms with Gasteiger partial charge in [0, 0.05) is 0 Å². The van der Waals surface area contributed by atoms with E-state index in [4.69, 9.17) is 9.84 Å². The van der Waals surface area contributed by atoms with Crippen LogP contribution in [0, 0.1) is 5.82 Å². The van der Waals surface area contributed by atoms with Crippen LogP contribution in [-0.4, -0.2) is 30.9 Å². The van der Waals surface area contributed by atoms with E-state index in [1.807, 2.05) is 5.32 Å². The van der Waals surface area contributed by atoms with Crippen LogP contribution >= 0.6 is 0 Å². The highest BCUT2D eigenvalue weighted by atomic mass is 19.1. The predicted octanol–water partition coefficient (Wildman–Crippen LogP) is 2.27. The Morgan fingerprint density at radius 1 is 1.53 bits per heavy atom. The Hall–Kier alpha value is -2.57. The van der Waals surface area contributed by atoms with Crippen molar-refractivity contribution in [2.75, 3.05) is 19.0 Å². The van der Waals surface area contributed by atoms with Crippen LogP contribution in [0.5, 0.6) is 5.75 Å². The predicted molar refractivity (Wildman–Crippen MR) is 65.1 cm³/mol. The highest BCUT2D eigenvalue weighted by molar-refractivity contribution is 5.99. The van der Waals surface area contributed by atoms with Crippen LogP contribution in [0.25, 0.3) is 0 Å². The molecule has 0 saturated heterocycles. The molecule has 19 heavy (non-hydrogen) atoms. The normalized spacial score (nSPS) is 9.58. The molecule has 0 fully saturated rings. The van der Waals surface area contributed by atoms with Crippen LogP contribution in [0.1, 0.15) is 10.4 Å². The SMILES string of the molecule is C=CCOC(=O)Nc1c(C(=O)O)ccc(OC)c1F. The number of anilines is 1. The van der Waals surface area contributed by atoms with Gasteiger partial charge < -0.3 is 14.6 Å². The summed E-state index contributed by atoms with van der Waals surface area (Å²) < 4.78 is 23.2. The van der Waals surface area contributed by atoms with E-state index in [-0.39, 0.29) is 12.4 Å². The number of carboxylic acid groups (broad SMARTS) is 1. The second kappa shape index (κ2) is 6.39. The molecule has 0 heterocycles. The average molecular weight is 269 g/mol. The van der Waals surface area contributed by atoms with Crippen LogP contribution in [0.3, 0.4) is 0 Å². The van der Waals surface area contributed by atoms with Crippen molar-refractivity contribution in [2.45, 2.75) is 0 Å². The largest absolute Gasteiger partial charge is 0.494 e. The Morgan fingerprint density at radius 2 is 2.21 bits per heavy atom. The Morgan fingerprint density at radius 3 is 2.74 bits per heavy atom. The van der Waals surface area contributed by atoms with Gasteiger partial charge in [0.05, 0.1) is 18.4 Å². The summed E-state index contributed by atoms with van der Waals surface area (Å²) in [7, 11) is 1.22. The first-order chi connectivity index (χ1) is 9.01. The van der Waals surface area contributed by atoms with Gasteiger partial charge in [0.1, 0.15) is 6.61 Å². The minimum Gasteiger partial charge on any atom is -0.494 e. The molecule has 0 atom stereocenters. The summed E-state index contributed by atoms with van der Waals surface area (Å²) in [4.78, 5) is 22.3. The molecule has 1 rings (SSSR count). The van der Waals surface area contributed by atoms with E-state index in [1.54, 1.807) is 0 Å². The number of benzene rings is 1. The zero-order chi connectivity index (χ0) is 14.4. The first-order valence-electron chi connectivity index (χ1n) is 5.15. The monoisotopic (exact) mass is 269 g/mol. The summed E-state index contributed by atoms with van der Waals surface area (Å²) in [5.74, 6) is -2.57. The van der Waals surface area contributed by atoms with Crippen molar-refractivity contribution in [3.63, 3.8) is 0 Å². The van der Waals surface area contributed by atoms with Gasteiger partial charge in [0.25, 0.3) is 0 Å². The zero-order valence-corrected chi connectivity index (χ0v) is 10.1. The van der Waals surface area contributed by atoms with Crippen molar-refractivity contribution in [2.24, 2.45) is 0 Å². The maximum absolute atomic E-state index is 13.9. The molecule has 102 valence electrons. The van der Waals surface area contributed by atoms with E-state index in [2.05, 4.69) is 11.3 Å². The second-order valence-corrected chi connectivity index (χ2v) is 3.32. The fourth-order valence-corrected chi connectivity index (χ4v) is 1.29. The van der Waals surface area contributed by atoms with Crippen molar-refractivity contribution in [1.82, 2.24) is 0 Å². The van der Waals surface area contributed by atoms with Gasteiger partial charge in [-0.3, -0.25) is 5.32 Å². The highest BCUT2D eigenvalue weighted by Gasteiger charge is 2.20. The number of aromatic carboxylic acids is 1. The fraction of sp³-hybridized carbons (Fsp3) is 0.167. The Bertz CT molecular complexity index is 515. The van der Waals surface area contributed by atoms with Crippen LogP contribution in [0.4, 0.5) is 14.9 Å². The fourth-order valence-electron chi connectivity index (χ4n) is 1.29. The van der Waals surface area contributed by atoms with Gasteiger partial charge in [-0.05, 0) is 12.1 Å². The summed E-state index contributed by atoms with van der Waals surface area (Å²) in [6.07, 6.45) is 0.328. The number of carbonyl (C=O) groups is 2. The molecule has 1 amide bonds. The lowest BCUT2D eigenvalue weighted by Gasteiger charge is -2.11. The van der Waals surface area contributed by atoms with Crippen molar-refractivity contribution >= 4 is 17.7 Å². The molecule has 0 spiro atoms. The second-order valence-electron chi connectivity index (χ2n) is 3.32. The number of amides is 1. The van der Waals surface area contributed by atoms with E-state index >= 15 is 0 Å². The van der Waals surface area contributed by atoms with E-state index in [0.717, 1.165) is 12.1 Å². The minimum atomic E-state index is -1.39. The quantitative estimate of drug-likeness (QED) is 0.801. The van der Waals surface area contributed by atoms with Crippen molar-refractivity contribution in [3.05, 3.63) is 36.2 Å². The lowest BCUT2D eigenvalue weighted by molar-refractivity contribution is 0.0697. The molecule has 1 aromatic carbocycles. The topological polar surface area (TPSA) is 84.9 Å². The number of nitrogens with one attached hydrogen (secondary N) is 1. The molecule has 0 radical (unpaired) electrons. The lowest BCUT2D eigenvalue weighted by atomic mass is 10.1.